The first kappa shape index (κ1) is 19.6. The molecule has 1 aromatic carbocycles. The fourth-order valence-corrected chi connectivity index (χ4v) is 3.89. The van der Waals surface area contributed by atoms with Crippen LogP contribution in [0.25, 0.3) is 0 Å². The van der Waals surface area contributed by atoms with E-state index < -0.39 is 0 Å². The predicted octanol–water partition coefficient (Wildman–Crippen LogP) is 3.53. The Bertz CT molecular complexity index is 842. The second kappa shape index (κ2) is 9.19. The van der Waals surface area contributed by atoms with E-state index in [1.165, 1.54) is 29.1 Å². The van der Waals surface area contributed by atoms with Gasteiger partial charge in [0.2, 0.25) is 0 Å². The second-order valence-corrected chi connectivity index (χ2v) is 7.42. The minimum Gasteiger partial charge on any atom is -0.383 e. The van der Waals surface area contributed by atoms with Crippen molar-refractivity contribution in [1.29, 1.82) is 0 Å². The average Bonchev–Trinajstić information content (AvgIpc) is 2.96. The molecule has 0 aliphatic carbocycles. The summed E-state index contributed by atoms with van der Waals surface area (Å²) in [5.41, 5.74) is 8.79. The number of halogens is 1. The summed E-state index contributed by atoms with van der Waals surface area (Å²) in [5, 5.41) is 5.36. The molecule has 27 heavy (non-hydrogen) atoms. The number of rotatable bonds is 7. The van der Waals surface area contributed by atoms with Crippen molar-refractivity contribution in [1.82, 2.24) is 9.99 Å². The first-order valence-corrected chi connectivity index (χ1v) is 9.97. The van der Waals surface area contributed by atoms with Crippen LogP contribution in [0.3, 0.4) is 0 Å². The maximum absolute atomic E-state index is 13.1. The fourth-order valence-electron chi connectivity index (χ4n) is 3.10. The molecule has 0 radical (unpaired) electrons. The van der Waals surface area contributed by atoms with Crippen LogP contribution in [0.15, 0.2) is 40.4 Å². The number of nitrogens with zero attached hydrogens (tertiary/aromatic N) is 3. The highest BCUT2D eigenvalue weighted by molar-refractivity contribution is 8.14. The quantitative estimate of drug-likeness (QED) is 0.739. The van der Waals surface area contributed by atoms with E-state index in [0.29, 0.717) is 13.2 Å². The third-order valence-electron chi connectivity index (χ3n) is 4.60. The van der Waals surface area contributed by atoms with Crippen LogP contribution in [0.1, 0.15) is 22.5 Å². The van der Waals surface area contributed by atoms with Crippen molar-refractivity contribution in [3.63, 3.8) is 0 Å². The third kappa shape index (κ3) is 4.99. The van der Waals surface area contributed by atoms with E-state index in [2.05, 4.69) is 40.0 Å². The fraction of sp³-hybridized carbons (Fsp3) is 0.400. The molecule has 0 bridgehead atoms. The standard InChI is InChI=1S/C20H25FN4OS/c1-14-12-18(19-13-27-20(24-23-19)22-9-11-26-3)15(2)25(14)10-8-16-4-6-17(21)7-5-16/h4-7,12H,8-11,13H2,1-3H3,(H,22,24). The Morgan fingerprint density at radius 2 is 2.07 bits per heavy atom. The Labute approximate surface area is 163 Å². The van der Waals surface area contributed by atoms with E-state index in [-0.39, 0.29) is 5.82 Å². The molecule has 1 aliphatic heterocycles. The van der Waals surface area contributed by atoms with Crippen LogP contribution in [0.5, 0.6) is 0 Å². The van der Waals surface area contributed by atoms with Gasteiger partial charge in [0.15, 0.2) is 5.17 Å². The van der Waals surface area contributed by atoms with Crippen LogP contribution in [0.4, 0.5) is 4.39 Å². The molecule has 5 nitrogen and oxygen atoms in total. The molecular formula is C20H25FN4OS. The number of hydrazone groups is 1. The zero-order valence-electron chi connectivity index (χ0n) is 16.0. The van der Waals surface area contributed by atoms with Crippen molar-refractivity contribution >= 4 is 22.6 Å². The van der Waals surface area contributed by atoms with Crippen molar-refractivity contribution in [2.75, 3.05) is 26.0 Å². The van der Waals surface area contributed by atoms with Gasteiger partial charge in [-0.1, -0.05) is 23.9 Å². The number of thioether (sulfide) groups is 1. The van der Waals surface area contributed by atoms with Gasteiger partial charge in [0.25, 0.3) is 0 Å². The Morgan fingerprint density at radius 1 is 1.30 bits per heavy atom. The first-order chi connectivity index (χ1) is 13.1. The highest BCUT2D eigenvalue weighted by Crippen LogP contribution is 2.21. The number of ether oxygens (including phenoxy) is 1. The summed E-state index contributed by atoms with van der Waals surface area (Å²) >= 11 is 1.66. The van der Waals surface area contributed by atoms with Crippen LogP contribution < -0.4 is 5.43 Å². The number of aliphatic imine (C=N–C) groups is 1. The summed E-state index contributed by atoms with van der Waals surface area (Å²) in [4.78, 5) is 4.42. The van der Waals surface area contributed by atoms with E-state index in [1.807, 2.05) is 12.1 Å². The van der Waals surface area contributed by atoms with E-state index in [1.54, 1.807) is 18.9 Å². The molecule has 7 heteroatoms. The number of aryl methyl sites for hydroxylation is 2. The van der Waals surface area contributed by atoms with Crippen molar-refractivity contribution in [3.05, 3.63) is 58.7 Å². The number of nitrogens with one attached hydrogen (secondary N) is 1. The van der Waals surface area contributed by atoms with Crippen molar-refractivity contribution in [3.8, 4) is 0 Å². The lowest BCUT2D eigenvalue weighted by Crippen LogP contribution is -2.26. The van der Waals surface area contributed by atoms with E-state index in [4.69, 9.17) is 4.74 Å². The number of aromatic nitrogens is 1. The highest BCUT2D eigenvalue weighted by Gasteiger charge is 2.18. The summed E-state index contributed by atoms with van der Waals surface area (Å²) < 4.78 is 20.4. The number of hydrogen-bond acceptors (Lipinski definition) is 4. The van der Waals surface area contributed by atoms with E-state index >= 15 is 0 Å². The van der Waals surface area contributed by atoms with Crippen LogP contribution in [0, 0.1) is 19.7 Å². The molecule has 0 unspecified atom stereocenters. The third-order valence-corrected chi connectivity index (χ3v) is 5.52. The normalized spacial score (nSPS) is 15.7. The zero-order chi connectivity index (χ0) is 19.2. The summed E-state index contributed by atoms with van der Waals surface area (Å²) in [5.74, 6) is 0.598. The van der Waals surface area contributed by atoms with Gasteiger partial charge in [-0.25, -0.2) is 4.39 Å². The maximum atomic E-state index is 13.1. The van der Waals surface area contributed by atoms with Crippen molar-refractivity contribution in [2.45, 2.75) is 26.8 Å². The van der Waals surface area contributed by atoms with Gasteiger partial charge < -0.3 is 9.30 Å². The van der Waals surface area contributed by atoms with E-state index in [0.717, 1.165) is 35.2 Å². The van der Waals surface area contributed by atoms with Gasteiger partial charge in [0, 0.05) is 36.4 Å². The molecular weight excluding hydrogens is 363 g/mol. The van der Waals surface area contributed by atoms with Crippen molar-refractivity contribution in [2.24, 2.45) is 10.1 Å². The predicted molar refractivity (Wildman–Crippen MR) is 110 cm³/mol. The SMILES string of the molecule is COCCN=C1NN=C(c2cc(C)n(CCc3ccc(F)cc3)c2C)CS1. The Balaban J connectivity index is 1.68. The Hall–Kier alpha value is -2.12. The van der Waals surface area contributed by atoms with Gasteiger partial charge in [-0.2, -0.15) is 5.10 Å². The largest absolute Gasteiger partial charge is 0.383 e. The Morgan fingerprint density at radius 3 is 2.74 bits per heavy atom. The summed E-state index contributed by atoms with van der Waals surface area (Å²) in [6.45, 7) is 6.35. The lowest BCUT2D eigenvalue weighted by molar-refractivity contribution is 0.208. The molecule has 0 saturated carbocycles. The zero-order valence-corrected chi connectivity index (χ0v) is 16.8. The molecule has 1 aliphatic rings. The molecule has 144 valence electrons. The van der Waals surface area contributed by atoms with Crippen molar-refractivity contribution < 1.29 is 9.13 Å². The van der Waals surface area contributed by atoms with Crippen LogP contribution in [-0.2, 0) is 17.7 Å². The molecule has 1 N–H and O–H groups in total. The first-order valence-electron chi connectivity index (χ1n) is 8.99. The maximum Gasteiger partial charge on any atom is 0.177 e. The monoisotopic (exact) mass is 388 g/mol. The summed E-state index contributed by atoms with van der Waals surface area (Å²) in [6.07, 6.45) is 0.867. The lowest BCUT2D eigenvalue weighted by atomic mass is 10.1. The molecule has 1 aromatic heterocycles. The minimum absolute atomic E-state index is 0.195. The Kier molecular flexibility index (Phi) is 6.68. The number of methoxy groups -OCH3 is 1. The molecule has 3 rings (SSSR count). The summed E-state index contributed by atoms with van der Waals surface area (Å²) in [7, 11) is 1.67. The lowest BCUT2D eigenvalue weighted by Gasteiger charge is -2.15. The molecule has 0 fully saturated rings. The average molecular weight is 389 g/mol. The molecule has 2 heterocycles. The van der Waals surface area contributed by atoms with Gasteiger partial charge in [-0.05, 0) is 44.0 Å². The van der Waals surface area contributed by atoms with Gasteiger partial charge in [0.05, 0.1) is 18.9 Å². The molecule has 2 aromatic rings. The molecule has 0 atom stereocenters. The van der Waals surface area contributed by atoms with Crippen LogP contribution in [0.2, 0.25) is 0 Å². The number of benzene rings is 1. The van der Waals surface area contributed by atoms with Gasteiger partial charge >= 0.3 is 0 Å². The van der Waals surface area contributed by atoms with Gasteiger partial charge in [-0.15, -0.1) is 0 Å². The van der Waals surface area contributed by atoms with Crippen LogP contribution in [-0.4, -0.2) is 41.5 Å². The smallest absolute Gasteiger partial charge is 0.177 e. The summed E-state index contributed by atoms with van der Waals surface area (Å²) in [6, 6.07) is 8.92. The minimum atomic E-state index is -0.195. The van der Waals surface area contributed by atoms with Gasteiger partial charge in [0.1, 0.15) is 5.82 Å². The topological polar surface area (TPSA) is 50.9 Å². The van der Waals surface area contributed by atoms with Crippen LogP contribution >= 0.6 is 11.8 Å². The van der Waals surface area contributed by atoms with E-state index in [9.17, 15) is 4.39 Å². The molecule has 0 spiro atoms. The number of hydrogen-bond donors (Lipinski definition) is 1. The second-order valence-electron chi connectivity index (χ2n) is 6.45. The highest BCUT2D eigenvalue weighted by atomic mass is 32.2. The number of amidine groups is 1. The molecule has 0 saturated heterocycles. The van der Waals surface area contributed by atoms with Gasteiger partial charge in [-0.3, -0.25) is 10.4 Å². The molecule has 0 amide bonds.